The van der Waals surface area contributed by atoms with E-state index in [1.54, 1.807) is 54.8 Å². The van der Waals surface area contributed by atoms with Crippen LogP contribution in [0.15, 0.2) is 127 Å². The zero-order valence-corrected chi connectivity index (χ0v) is 77.5. The van der Waals surface area contributed by atoms with Crippen molar-refractivity contribution in [3.8, 4) is 0 Å². The number of halogens is 4. The molecule has 8 N–H and O–H groups in total. The molecule has 28 nitrogen and oxygen atoms in total. The minimum absolute atomic E-state index is 0.0537. The molecular formula is C91H107Cl4N15O13S3. The van der Waals surface area contributed by atoms with Crippen LogP contribution in [0.2, 0.25) is 20.6 Å². The van der Waals surface area contributed by atoms with E-state index in [4.69, 9.17) is 75.8 Å². The van der Waals surface area contributed by atoms with Gasteiger partial charge < -0.3 is 71.1 Å². The number of nitrogens with one attached hydrogen (secondary N) is 6. The molecule has 3 fully saturated rings. The van der Waals surface area contributed by atoms with Crippen LogP contribution in [0.4, 0.5) is 36.2 Å². The molecule has 670 valence electrons. The minimum atomic E-state index is -0.624. The second kappa shape index (κ2) is 44.2. The maximum Gasteiger partial charge on any atom is 0.410 e. The van der Waals surface area contributed by atoms with Gasteiger partial charge in [-0.25, -0.2) is 38.9 Å². The van der Waals surface area contributed by atoms with E-state index in [0.29, 0.717) is 99.0 Å². The van der Waals surface area contributed by atoms with Crippen molar-refractivity contribution in [2.24, 2.45) is 5.73 Å². The summed E-state index contributed by atoms with van der Waals surface area (Å²) in [4.78, 5) is 129. The van der Waals surface area contributed by atoms with E-state index in [9.17, 15) is 38.4 Å². The number of anilines is 5. The minimum Gasteiger partial charge on any atom is -0.465 e. The van der Waals surface area contributed by atoms with E-state index >= 15 is 0 Å². The number of rotatable bonds is 19. The number of carbonyl (C=O) groups is 8. The van der Waals surface area contributed by atoms with Crippen LogP contribution in [0, 0.1) is 0 Å². The number of carbonyl (C=O) groups excluding carboxylic acids is 8. The van der Waals surface area contributed by atoms with E-state index in [0.717, 1.165) is 135 Å². The van der Waals surface area contributed by atoms with Crippen molar-refractivity contribution in [2.45, 2.75) is 168 Å². The number of hydrogen-bond acceptors (Lipinski definition) is 26. The summed E-state index contributed by atoms with van der Waals surface area (Å²) >= 11 is 28.1. The molecule has 0 unspecified atom stereocenters. The molecule has 3 saturated heterocycles. The first-order valence-corrected chi connectivity index (χ1v) is 45.8. The van der Waals surface area contributed by atoms with Gasteiger partial charge in [-0.15, -0.1) is 34.0 Å². The summed E-state index contributed by atoms with van der Waals surface area (Å²) in [7, 11) is 3.94. The monoisotopic (exact) mass is 1850 g/mol. The lowest BCUT2D eigenvalue weighted by molar-refractivity contribution is 0.0216. The summed E-state index contributed by atoms with van der Waals surface area (Å²) in [6.07, 6.45) is 6.65. The van der Waals surface area contributed by atoms with Crippen molar-refractivity contribution in [1.29, 1.82) is 0 Å². The lowest BCUT2D eigenvalue weighted by Gasteiger charge is -2.33. The summed E-state index contributed by atoms with van der Waals surface area (Å²) in [5, 5.41) is 20.7. The van der Waals surface area contributed by atoms with Gasteiger partial charge in [0.05, 0.1) is 67.8 Å². The zero-order valence-electron chi connectivity index (χ0n) is 72.0. The van der Waals surface area contributed by atoms with Crippen molar-refractivity contribution in [3.63, 3.8) is 0 Å². The summed E-state index contributed by atoms with van der Waals surface area (Å²) in [5.41, 5.74) is 12.9. The Labute approximate surface area is 766 Å². The quantitative estimate of drug-likeness (QED) is 0.0225. The number of piperidine rings is 3. The van der Waals surface area contributed by atoms with Crippen LogP contribution >= 0.6 is 80.4 Å². The molecule has 9 aromatic rings. The van der Waals surface area contributed by atoms with Gasteiger partial charge in [0.2, 0.25) is 0 Å². The van der Waals surface area contributed by atoms with E-state index in [1.165, 1.54) is 84.2 Å². The number of esters is 3. The van der Waals surface area contributed by atoms with Gasteiger partial charge in [-0.1, -0.05) is 137 Å². The Kier molecular flexibility index (Phi) is 33.4. The van der Waals surface area contributed by atoms with Gasteiger partial charge >= 0.3 is 30.1 Å². The molecule has 3 aromatic carbocycles. The summed E-state index contributed by atoms with van der Waals surface area (Å²) < 4.78 is 26.0. The number of fused-ring (bicyclic) bond motifs is 3. The molecule has 15 rings (SSSR count). The van der Waals surface area contributed by atoms with Gasteiger partial charge in [-0.05, 0) is 189 Å². The predicted molar refractivity (Wildman–Crippen MR) is 495 cm³/mol. The van der Waals surface area contributed by atoms with Crippen LogP contribution < -0.4 is 37.6 Å². The van der Waals surface area contributed by atoms with Gasteiger partial charge in [0, 0.05) is 98.2 Å². The lowest BCUT2D eigenvalue weighted by Crippen LogP contribution is -2.39. The summed E-state index contributed by atoms with van der Waals surface area (Å²) in [6, 6.07) is 41.6. The van der Waals surface area contributed by atoms with Crippen molar-refractivity contribution in [2.75, 3.05) is 107 Å². The van der Waals surface area contributed by atoms with E-state index in [2.05, 4.69) is 140 Å². The van der Waals surface area contributed by atoms with E-state index in [1.807, 2.05) is 32.9 Å². The standard InChI is InChI=1S/C32H38ClN5O5S.C27H30ClN5O3S.C20H21Cl2N3O5S.C12H18N2/c1-32(2,3)43-31(41)38-17-14-22-24(19-38)44-29(26(22)30(40)42-4)36-28(39)23-10-11-25(33)35-27(23)34-21-12-15-37(16-13-21)18-20-8-6-5-7-9-20;1-36-27(35)23-19-9-12-29-15-21(19)37-26(23)32-25(34)20-7-8-22(28)31-24(20)30-18-10-13-33(14-11-18)16-17-5-3-2-4-6-17;1-20(2,3)30-19(28)25-8-7-10-12(9-25)31-17(14(10)18(27)29-4)24-16(26)11-5-6-13(21)23-15(11)22;13-12-6-8-14(9-7-12)10-11-4-2-1-3-5-11/h5-11,21H,12-19H2,1-4H3,(H,34,35)(H,36,39);2-8,18,29H,9-16H2,1H3,(H,30,31)(H,32,34);5-6H,7-9H2,1-4H3,(H,24,26);1-5,12H,6-10,13H2. The summed E-state index contributed by atoms with van der Waals surface area (Å²) in [5.74, 6) is -2.01. The molecule has 12 heterocycles. The fraction of sp³-hybridized carbons (Fsp3) is 0.418. The number of pyridine rings is 3. The molecule has 0 saturated carbocycles. The number of nitrogens with zero attached hydrogens (tertiary/aromatic N) is 8. The first-order chi connectivity index (χ1) is 60.4. The second-order valence-corrected chi connectivity index (χ2v) is 38.0. The maximum absolute atomic E-state index is 13.7. The number of aromatic nitrogens is 3. The largest absolute Gasteiger partial charge is 0.465 e. The third-order valence-electron chi connectivity index (χ3n) is 21.7. The highest BCUT2D eigenvalue weighted by Gasteiger charge is 2.37. The fourth-order valence-electron chi connectivity index (χ4n) is 15.4. The fourth-order valence-corrected chi connectivity index (χ4v) is 19.8. The lowest BCUT2D eigenvalue weighted by atomic mass is 10.0. The average molecular weight is 1860 g/mol. The van der Waals surface area contributed by atoms with Gasteiger partial charge in [-0.3, -0.25) is 29.1 Å². The molecule has 126 heavy (non-hydrogen) atoms. The third-order valence-corrected chi connectivity index (χ3v) is 26.0. The molecule has 0 atom stereocenters. The molecule has 5 amide bonds. The Morgan fingerprint density at radius 2 is 0.770 bits per heavy atom. The van der Waals surface area contributed by atoms with Crippen molar-refractivity contribution in [3.05, 3.63) is 229 Å². The highest BCUT2D eigenvalue weighted by molar-refractivity contribution is 7.17. The van der Waals surface area contributed by atoms with Crippen LogP contribution in [-0.2, 0) is 82.2 Å². The van der Waals surface area contributed by atoms with E-state index < -0.39 is 53.1 Å². The van der Waals surface area contributed by atoms with Crippen LogP contribution in [0.3, 0.4) is 0 Å². The van der Waals surface area contributed by atoms with Gasteiger partial charge in [-0.2, -0.15) is 0 Å². The molecule has 0 bridgehead atoms. The molecule has 0 radical (unpaired) electrons. The van der Waals surface area contributed by atoms with Crippen LogP contribution in [-0.4, -0.2) is 197 Å². The SMILES string of the molecule is COC(=O)c1c(NC(=O)c2ccc(Cl)nc2Cl)sc2c1CCN(C(=O)OC(C)(C)C)C2.COC(=O)c1c(NC(=O)c2ccc(Cl)nc2NC2CCN(Cc3ccccc3)CC2)sc2c1CCN(C(=O)OC(C)(C)C)C2.COC(=O)c1c(NC(=O)c2ccc(Cl)nc2NC2CCN(Cc3ccccc3)CC2)sc2c1CCNC2.NC1CCN(Cc2ccccc2)CC1. The van der Waals surface area contributed by atoms with Gasteiger partial charge in [0.25, 0.3) is 17.7 Å². The molecular weight excluding hydrogens is 1750 g/mol. The number of amides is 5. The number of hydrogen-bond donors (Lipinski definition) is 7. The Hall–Kier alpha value is -9.87. The molecule has 35 heteroatoms. The summed E-state index contributed by atoms with van der Waals surface area (Å²) in [6.45, 7) is 22.5. The number of likely N-dealkylation sites (tertiary alicyclic amines) is 3. The molecule has 6 aliphatic rings. The van der Waals surface area contributed by atoms with Gasteiger partial charge in [0.15, 0.2) is 0 Å². The molecule has 6 aromatic heterocycles. The smallest absolute Gasteiger partial charge is 0.410 e. The zero-order chi connectivity index (χ0) is 89.9. The highest BCUT2D eigenvalue weighted by atomic mass is 35.5. The Morgan fingerprint density at radius 1 is 0.437 bits per heavy atom. The molecule has 0 aliphatic carbocycles. The number of benzene rings is 3. The Morgan fingerprint density at radius 3 is 1.13 bits per heavy atom. The molecule has 6 aliphatic heterocycles. The van der Waals surface area contributed by atoms with Crippen LogP contribution in [0.1, 0.15) is 190 Å². The normalized spacial score (nSPS) is 15.8. The number of ether oxygens (including phenoxy) is 5. The number of thiophene rings is 3. The first-order valence-electron chi connectivity index (χ1n) is 41.9. The third kappa shape index (κ3) is 26.2. The molecule has 0 spiro atoms. The predicted octanol–water partition coefficient (Wildman–Crippen LogP) is 17.2. The average Bonchev–Trinajstić information content (AvgIpc) is 1.62. The second-order valence-electron chi connectivity index (χ2n) is 33.2. The van der Waals surface area contributed by atoms with Crippen LogP contribution in [0.5, 0.6) is 0 Å². The highest BCUT2D eigenvalue weighted by Crippen LogP contribution is 2.42. The van der Waals surface area contributed by atoms with Crippen molar-refractivity contribution in [1.82, 2.24) is 44.8 Å². The van der Waals surface area contributed by atoms with Crippen molar-refractivity contribution >= 4 is 155 Å². The Bertz CT molecular complexity index is 5320. The maximum atomic E-state index is 13.7. The first kappa shape index (κ1) is 95.2. The van der Waals surface area contributed by atoms with Gasteiger partial charge in [0.1, 0.15) is 58.5 Å². The van der Waals surface area contributed by atoms with Crippen molar-refractivity contribution < 1.29 is 62.0 Å². The topological polar surface area (TPSA) is 336 Å². The Balaban J connectivity index is 0.000000161. The number of methoxy groups -OCH3 is 3. The van der Waals surface area contributed by atoms with Crippen LogP contribution in [0.25, 0.3) is 0 Å². The van der Waals surface area contributed by atoms with E-state index in [-0.39, 0.29) is 57.7 Å². The number of nitrogens with two attached hydrogens (primary N) is 1.